The molecule has 0 amide bonds. The van der Waals surface area contributed by atoms with E-state index in [2.05, 4.69) is 49.6 Å². The van der Waals surface area contributed by atoms with Crippen molar-refractivity contribution < 1.29 is 9.31 Å². The van der Waals surface area contributed by atoms with Gasteiger partial charge in [-0.2, -0.15) is 0 Å². The van der Waals surface area contributed by atoms with E-state index < -0.39 is 0 Å². The minimum atomic E-state index is -0.239. The summed E-state index contributed by atoms with van der Waals surface area (Å²) >= 11 is 3.69. The van der Waals surface area contributed by atoms with E-state index in [1.54, 1.807) is 0 Å². The highest BCUT2D eigenvalue weighted by Crippen LogP contribution is 2.39. The van der Waals surface area contributed by atoms with E-state index in [9.17, 15) is 0 Å². The van der Waals surface area contributed by atoms with E-state index in [0.29, 0.717) is 5.92 Å². The Morgan fingerprint density at radius 3 is 2.06 bits per heavy atom. The molecule has 0 bridgehead atoms. The summed E-state index contributed by atoms with van der Waals surface area (Å²) in [6.45, 7) is 8.35. The summed E-state index contributed by atoms with van der Waals surface area (Å²) in [5, 5.41) is 0. The first-order valence-electron chi connectivity index (χ1n) is 6.55. The summed E-state index contributed by atoms with van der Waals surface area (Å²) in [6.07, 6.45) is 5.27. The maximum absolute atomic E-state index is 5.97. The molecule has 0 unspecified atom stereocenters. The minimum absolute atomic E-state index is 0.213. The van der Waals surface area contributed by atoms with Crippen molar-refractivity contribution in [3.63, 3.8) is 0 Å². The third kappa shape index (κ3) is 2.79. The SMILES string of the molecule is CC1(C)OB(/C=C(\Br)C2CCCC2)OC1(C)C. The molecule has 17 heavy (non-hydrogen) atoms. The number of hydrogen-bond donors (Lipinski definition) is 0. The molecule has 0 aromatic carbocycles. The Morgan fingerprint density at radius 1 is 1.12 bits per heavy atom. The van der Waals surface area contributed by atoms with Gasteiger partial charge in [-0.25, -0.2) is 0 Å². The lowest BCUT2D eigenvalue weighted by atomic mass is 9.87. The van der Waals surface area contributed by atoms with Gasteiger partial charge in [0, 0.05) is 0 Å². The van der Waals surface area contributed by atoms with Crippen LogP contribution in [0.1, 0.15) is 53.4 Å². The van der Waals surface area contributed by atoms with E-state index >= 15 is 0 Å². The first-order chi connectivity index (χ1) is 7.82. The molecule has 1 heterocycles. The molecule has 0 spiro atoms. The van der Waals surface area contributed by atoms with Gasteiger partial charge in [-0.05, 0) is 56.9 Å². The van der Waals surface area contributed by atoms with Crippen LogP contribution in [0.3, 0.4) is 0 Å². The van der Waals surface area contributed by atoms with E-state index in [1.807, 2.05) is 0 Å². The van der Waals surface area contributed by atoms with E-state index in [0.717, 1.165) is 0 Å². The Bertz CT molecular complexity index is 303. The average Bonchev–Trinajstić information content (AvgIpc) is 2.73. The van der Waals surface area contributed by atoms with Crippen LogP contribution in [0, 0.1) is 5.92 Å². The standard InChI is InChI=1S/C13H22BBrO2/c1-12(2)13(3,4)17-14(16-12)9-11(15)10-7-5-6-8-10/h9-10H,5-8H2,1-4H3/b11-9-. The zero-order chi connectivity index (χ0) is 12.7. The van der Waals surface area contributed by atoms with Crippen molar-refractivity contribution in [2.45, 2.75) is 64.6 Å². The predicted molar refractivity (Wildman–Crippen MR) is 75.1 cm³/mol. The molecule has 2 nitrogen and oxygen atoms in total. The molecule has 0 radical (unpaired) electrons. The highest BCUT2D eigenvalue weighted by molar-refractivity contribution is 9.11. The van der Waals surface area contributed by atoms with Gasteiger partial charge in [0.05, 0.1) is 11.2 Å². The fourth-order valence-electron chi connectivity index (χ4n) is 2.42. The van der Waals surface area contributed by atoms with Crippen molar-refractivity contribution >= 4 is 23.0 Å². The lowest BCUT2D eigenvalue weighted by molar-refractivity contribution is 0.00578. The quantitative estimate of drug-likeness (QED) is 0.715. The molecule has 4 heteroatoms. The molecule has 1 aliphatic carbocycles. The lowest BCUT2D eigenvalue weighted by Gasteiger charge is -2.32. The lowest BCUT2D eigenvalue weighted by Crippen LogP contribution is -2.41. The largest absolute Gasteiger partial charge is 0.487 e. The highest BCUT2D eigenvalue weighted by atomic mass is 79.9. The Balaban J connectivity index is 2.03. The van der Waals surface area contributed by atoms with Crippen molar-refractivity contribution in [1.29, 1.82) is 0 Å². The monoisotopic (exact) mass is 300 g/mol. The Hall–Kier alpha value is 0.205. The molecule has 2 aliphatic rings. The molecule has 1 saturated carbocycles. The first kappa shape index (κ1) is 13.6. The summed E-state index contributed by atoms with van der Waals surface area (Å²) in [7, 11) is -0.213. The van der Waals surface area contributed by atoms with Crippen molar-refractivity contribution in [3.05, 3.63) is 10.5 Å². The van der Waals surface area contributed by atoms with E-state index in [1.165, 1.54) is 30.2 Å². The summed E-state index contributed by atoms with van der Waals surface area (Å²) in [5.41, 5.74) is -0.478. The molecule has 96 valence electrons. The first-order valence-corrected chi connectivity index (χ1v) is 7.34. The predicted octanol–water partition coefficient (Wildman–Crippen LogP) is 4.09. The second-order valence-corrected chi connectivity index (χ2v) is 7.07. The minimum Gasteiger partial charge on any atom is -0.400 e. The van der Waals surface area contributed by atoms with E-state index in [-0.39, 0.29) is 18.3 Å². The summed E-state index contributed by atoms with van der Waals surface area (Å²) in [4.78, 5) is 0. The number of hydrogen-bond acceptors (Lipinski definition) is 2. The van der Waals surface area contributed by atoms with Gasteiger partial charge in [0.2, 0.25) is 0 Å². The molecule has 0 aromatic heterocycles. The summed E-state index contributed by atoms with van der Waals surface area (Å²) in [6, 6.07) is 0. The maximum Gasteiger partial charge on any atom is 0.487 e. The van der Waals surface area contributed by atoms with Crippen LogP contribution in [0.25, 0.3) is 0 Å². The van der Waals surface area contributed by atoms with Gasteiger partial charge in [0.1, 0.15) is 0 Å². The van der Waals surface area contributed by atoms with Gasteiger partial charge < -0.3 is 9.31 Å². The van der Waals surface area contributed by atoms with Crippen LogP contribution in [-0.4, -0.2) is 18.3 Å². The maximum atomic E-state index is 5.97. The van der Waals surface area contributed by atoms with Crippen LogP contribution in [-0.2, 0) is 9.31 Å². The fraction of sp³-hybridized carbons (Fsp3) is 0.846. The van der Waals surface area contributed by atoms with Crippen LogP contribution in [0.5, 0.6) is 0 Å². The average molecular weight is 301 g/mol. The molecule has 0 aromatic rings. The van der Waals surface area contributed by atoms with Crippen molar-refractivity contribution in [2.75, 3.05) is 0 Å². The molecule has 0 N–H and O–H groups in total. The van der Waals surface area contributed by atoms with Gasteiger partial charge in [-0.15, -0.1) is 0 Å². The third-order valence-corrected chi connectivity index (χ3v) is 5.22. The molecule has 1 aliphatic heterocycles. The van der Waals surface area contributed by atoms with Gasteiger partial charge in [-0.1, -0.05) is 28.8 Å². The second-order valence-electron chi connectivity index (χ2n) is 6.16. The normalized spacial score (nSPS) is 29.0. The Kier molecular flexibility index (Phi) is 3.78. The van der Waals surface area contributed by atoms with Crippen LogP contribution in [0.4, 0.5) is 0 Å². The summed E-state index contributed by atoms with van der Waals surface area (Å²) < 4.78 is 13.2. The zero-order valence-electron chi connectivity index (χ0n) is 11.3. The molecule has 2 fully saturated rings. The van der Waals surface area contributed by atoms with Crippen LogP contribution in [0.15, 0.2) is 10.5 Å². The van der Waals surface area contributed by atoms with Crippen molar-refractivity contribution in [2.24, 2.45) is 5.92 Å². The van der Waals surface area contributed by atoms with Crippen molar-refractivity contribution in [1.82, 2.24) is 0 Å². The molecular weight excluding hydrogens is 279 g/mol. The third-order valence-electron chi connectivity index (χ3n) is 4.31. The molecule has 1 saturated heterocycles. The van der Waals surface area contributed by atoms with Gasteiger partial charge in [0.15, 0.2) is 0 Å². The van der Waals surface area contributed by atoms with Crippen LogP contribution >= 0.6 is 15.9 Å². The zero-order valence-corrected chi connectivity index (χ0v) is 12.8. The van der Waals surface area contributed by atoms with E-state index in [4.69, 9.17) is 9.31 Å². The number of allylic oxidation sites excluding steroid dienone is 1. The van der Waals surface area contributed by atoms with Crippen molar-refractivity contribution in [3.8, 4) is 0 Å². The molecule has 2 rings (SSSR count). The number of halogens is 1. The topological polar surface area (TPSA) is 18.5 Å². The Labute approximate surface area is 113 Å². The molecule has 0 atom stereocenters. The van der Waals surface area contributed by atoms with Crippen LogP contribution < -0.4 is 0 Å². The highest BCUT2D eigenvalue weighted by Gasteiger charge is 2.50. The van der Waals surface area contributed by atoms with Gasteiger partial charge >= 0.3 is 7.12 Å². The van der Waals surface area contributed by atoms with Gasteiger partial charge in [-0.3, -0.25) is 0 Å². The summed E-state index contributed by atoms with van der Waals surface area (Å²) in [5.74, 6) is 2.78. The molecular formula is C13H22BBrO2. The number of rotatable bonds is 2. The fourth-order valence-corrected chi connectivity index (χ4v) is 3.10. The Morgan fingerprint density at radius 2 is 1.59 bits per heavy atom. The van der Waals surface area contributed by atoms with Gasteiger partial charge in [0.25, 0.3) is 0 Å². The van der Waals surface area contributed by atoms with Crippen LogP contribution in [0.2, 0.25) is 0 Å². The smallest absolute Gasteiger partial charge is 0.400 e. The second kappa shape index (κ2) is 4.71.